The van der Waals surface area contributed by atoms with Gasteiger partial charge in [-0.3, -0.25) is 0 Å². The summed E-state index contributed by atoms with van der Waals surface area (Å²) in [6.07, 6.45) is -0.949. The highest BCUT2D eigenvalue weighted by Gasteiger charge is 2.39. The molecule has 2 atom stereocenters. The topological polar surface area (TPSA) is 114 Å². The molecule has 1 heterocycles. The third kappa shape index (κ3) is 3.09. The number of nitrogens with zero attached hydrogens (tertiary/aromatic N) is 2. The number of aliphatic carboxylic acids is 1. The van der Waals surface area contributed by atoms with Crippen LogP contribution in [-0.2, 0) is 4.79 Å². The number of carboxylic acid groups (broad SMARTS) is 1. The lowest BCUT2D eigenvalue weighted by Gasteiger charge is -2.21. The molecule has 3 N–H and O–H groups in total. The van der Waals surface area contributed by atoms with Gasteiger partial charge in [0, 0.05) is 18.7 Å². The van der Waals surface area contributed by atoms with Crippen LogP contribution in [0.15, 0.2) is 18.2 Å². The number of nitrogens with one attached hydrogen (secondary N) is 1. The summed E-state index contributed by atoms with van der Waals surface area (Å²) in [6, 6.07) is 3.23. The SMILES string of the molecule is N#Cc1cc(NC(=O)N2CC(O)C[C@H]2C(=O)O)ccc1F. The Hall–Kier alpha value is -2.66. The molecular weight excluding hydrogens is 281 g/mol. The van der Waals surface area contributed by atoms with E-state index in [1.165, 1.54) is 6.07 Å². The van der Waals surface area contributed by atoms with Gasteiger partial charge in [0.1, 0.15) is 17.9 Å². The van der Waals surface area contributed by atoms with Crippen LogP contribution < -0.4 is 5.32 Å². The van der Waals surface area contributed by atoms with Crippen LogP contribution in [-0.4, -0.2) is 45.8 Å². The molecule has 2 amide bonds. The molecule has 0 saturated carbocycles. The summed E-state index contributed by atoms with van der Waals surface area (Å²) in [5, 5.41) is 29.6. The van der Waals surface area contributed by atoms with Gasteiger partial charge in [-0.05, 0) is 18.2 Å². The molecule has 0 aromatic heterocycles. The number of rotatable bonds is 2. The predicted molar refractivity (Wildman–Crippen MR) is 68.9 cm³/mol. The number of hydrogen-bond donors (Lipinski definition) is 3. The van der Waals surface area contributed by atoms with Gasteiger partial charge in [-0.2, -0.15) is 5.26 Å². The Labute approximate surface area is 119 Å². The smallest absolute Gasteiger partial charge is 0.326 e. The lowest BCUT2D eigenvalue weighted by Crippen LogP contribution is -2.43. The molecule has 7 nitrogen and oxygen atoms in total. The van der Waals surface area contributed by atoms with Crippen LogP contribution >= 0.6 is 0 Å². The van der Waals surface area contributed by atoms with E-state index in [1.54, 1.807) is 6.07 Å². The molecule has 0 spiro atoms. The van der Waals surface area contributed by atoms with Gasteiger partial charge in [0.15, 0.2) is 0 Å². The van der Waals surface area contributed by atoms with Crippen LogP contribution in [0, 0.1) is 17.1 Å². The van der Waals surface area contributed by atoms with Gasteiger partial charge in [0.05, 0.1) is 11.7 Å². The van der Waals surface area contributed by atoms with E-state index in [0.29, 0.717) is 0 Å². The van der Waals surface area contributed by atoms with Crippen molar-refractivity contribution in [2.24, 2.45) is 0 Å². The van der Waals surface area contributed by atoms with Gasteiger partial charge in [-0.15, -0.1) is 0 Å². The van der Waals surface area contributed by atoms with E-state index in [4.69, 9.17) is 10.4 Å². The highest BCUT2D eigenvalue weighted by molar-refractivity contribution is 5.93. The summed E-state index contributed by atoms with van der Waals surface area (Å²) in [6.45, 7) is -0.102. The van der Waals surface area contributed by atoms with Gasteiger partial charge in [0.25, 0.3) is 0 Å². The number of anilines is 1. The number of carbonyl (C=O) groups excluding carboxylic acids is 1. The molecule has 2 rings (SSSR count). The van der Waals surface area contributed by atoms with Crippen LogP contribution in [0.25, 0.3) is 0 Å². The van der Waals surface area contributed by atoms with E-state index >= 15 is 0 Å². The molecule has 0 aliphatic carbocycles. The number of nitriles is 1. The molecule has 110 valence electrons. The molecule has 1 unspecified atom stereocenters. The van der Waals surface area contributed by atoms with Crippen molar-refractivity contribution in [2.45, 2.75) is 18.6 Å². The Bertz CT molecular complexity index is 628. The van der Waals surface area contributed by atoms with E-state index in [9.17, 15) is 19.1 Å². The fourth-order valence-electron chi connectivity index (χ4n) is 2.16. The molecule has 1 aromatic rings. The largest absolute Gasteiger partial charge is 0.480 e. The Morgan fingerprint density at radius 2 is 2.19 bits per heavy atom. The number of benzene rings is 1. The quantitative estimate of drug-likeness (QED) is 0.744. The molecule has 0 bridgehead atoms. The molecule has 8 heteroatoms. The second-order valence-electron chi connectivity index (χ2n) is 4.63. The van der Waals surface area contributed by atoms with Crippen LogP contribution in [0.1, 0.15) is 12.0 Å². The fraction of sp³-hybridized carbons (Fsp3) is 0.308. The van der Waals surface area contributed by atoms with Crippen molar-refractivity contribution >= 4 is 17.7 Å². The third-order valence-electron chi connectivity index (χ3n) is 3.16. The Morgan fingerprint density at radius 3 is 2.81 bits per heavy atom. The summed E-state index contributed by atoms with van der Waals surface area (Å²) in [7, 11) is 0. The van der Waals surface area contributed by atoms with Crippen molar-refractivity contribution < 1.29 is 24.2 Å². The average Bonchev–Trinajstić information content (AvgIpc) is 2.83. The predicted octanol–water partition coefficient (Wildman–Crippen LogP) is 0.749. The van der Waals surface area contributed by atoms with E-state index in [0.717, 1.165) is 17.0 Å². The van der Waals surface area contributed by atoms with Crippen molar-refractivity contribution in [3.63, 3.8) is 0 Å². The molecule has 1 saturated heterocycles. The zero-order valence-corrected chi connectivity index (χ0v) is 10.8. The molecule has 1 aliphatic rings. The summed E-state index contributed by atoms with van der Waals surface area (Å²) < 4.78 is 13.2. The van der Waals surface area contributed by atoms with Gasteiger partial charge in [-0.1, -0.05) is 0 Å². The highest BCUT2D eigenvalue weighted by Crippen LogP contribution is 2.20. The van der Waals surface area contributed by atoms with E-state index < -0.39 is 30.0 Å². The molecule has 21 heavy (non-hydrogen) atoms. The van der Waals surface area contributed by atoms with Crippen LogP contribution in [0.5, 0.6) is 0 Å². The van der Waals surface area contributed by atoms with Crippen molar-refractivity contribution in [3.05, 3.63) is 29.6 Å². The number of aliphatic hydroxyl groups is 1. The standard InChI is InChI=1S/C13H12FN3O4/c14-10-2-1-8(3-7(10)5-15)16-13(21)17-6-9(18)4-11(17)12(19)20/h1-3,9,11,18H,4,6H2,(H,16,21)(H,19,20)/t9?,11-/m0/s1. The van der Waals surface area contributed by atoms with E-state index in [2.05, 4.69) is 5.32 Å². The first-order chi connectivity index (χ1) is 9.92. The normalized spacial score (nSPS) is 20.9. The summed E-state index contributed by atoms with van der Waals surface area (Å²) in [5.74, 6) is -1.92. The van der Waals surface area contributed by atoms with Crippen molar-refractivity contribution in [1.82, 2.24) is 4.90 Å². The van der Waals surface area contributed by atoms with Crippen LogP contribution in [0.2, 0.25) is 0 Å². The van der Waals surface area contributed by atoms with Gasteiger partial charge < -0.3 is 20.4 Å². The first-order valence-electron chi connectivity index (χ1n) is 6.10. The molecule has 1 fully saturated rings. The Kier molecular flexibility index (Phi) is 4.05. The first kappa shape index (κ1) is 14.7. The summed E-state index contributed by atoms with van der Waals surface area (Å²) in [4.78, 5) is 24.0. The second kappa shape index (κ2) is 5.76. The molecular formula is C13H12FN3O4. The summed E-state index contributed by atoms with van der Waals surface area (Å²) in [5.41, 5.74) is -0.0625. The summed E-state index contributed by atoms with van der Waals surface area (Å²) >= 11 is 0. The zero-order valence-electron chi connectivity index (χ0n) is 10.8. The maximum absolute atomic E-state index is 13.2. The van der Waals surface area contributed by atoms with Gasteiger partial charge in [-0.25, -0.2) is 14.0 Å². The number of carboxylic acids is 1. The number of amides is 2. The fourth-order valence-corrected chi connectivity index (χ4v) is 2.16. The lowest BCUT2D eigenvalue weighted by atomic mass is 10.2. The van der Waals surface area contributed by atoms with Crippen LogP contribution in [0.3, 0.4) is 0 Å². The molecule has 0 radical (unpaired) electrons. The Morgan fingerprint density at radius 1 is 1.48 bits per heavy atom. The lowest BCUT2D eigenvalue weighted by molar-refractivity contribution is -0.141. The number of aliphatic hydroxyl groups excluding tert-OH is 1. The average molecular weight is 293 g/mol. The maximum atomic E-state index is 13.2. The second-order valence-corrected chi connectivity index (χ2v) is 4.63. The minimum Gasteiger partial charge on any atom is -0.480 e. The number of hydrogen-bond acceptors (Lipinski definition) is 4. The van der Waals surface area contributed by atoms with Crippen molar-refractivity contribution in [1.29, 1.82) is 5.26 Å². The van der Waals surface area contributed by atoms with Gasteiger partial charge in [0.2, 0.25) is 0 Å². The number of β-amino-alcohol motifs (C(OH)–C–C–N with tert-alkyl or cyclic N) is 1. The minimum absolute atomic E-state index is 0.0460. The Balaban J connectivity index is 2.14. The van der Waals surface area contributed by atoms with E-state index in [1.807, 2.05) is 0 Å². The number of urea groups is 1. The minimum atomic E-state index is -1.21. The van der Waals surface area contributed by atoms with Crippen LogP contribution in [0.4, 0.5) is 14.9 Å². The van der Waals surface area contributed by atoms with E-state index in [-0.39, 0.29) is 24.2 Å². The number of halogens is 1. The first-order valence-corrected chi connectivity index (χ1v) is 6.10. The number of likely N-dealkylation sites (tertiary alicyclic amines) is 1. The zero-order chi connectivity index (χ0) is 15.6. The maximum Gasteiger partial charge on any atom is 0.326 e. The highest BCUT2D eigenvalue weighted by atomic mass is 19.1. The number of carbonyl (C=O) groups is 2. The molecule has 1 aromatic carbocycles. The molecule has 1 aliphatic heterocycles. The van der Waals surface area contributed by atoms with Crippen molar-refractivity contribution in [3.8, 4) is 6.07 Å². The van der Waals surface area contributed by atoms with Crippen molar-refractivity contribution in [2.75, 3.05) is 11.9 Å². The third-order valence-corrected chi connectivity index (χ3v) is 3.16. The van der Waals surface area contributed by atoms with Gasteiger partial charge >= 0.3 is 12.0 Å². The monoisotopic (exact) mass is 293 g/mol.